The van der Waals surface area contributed by atoms with Crippen LogP contribution in [-0.4, -0.2) is 16.7 Å². The van der Waals surface area contributed by atoms with Crippen molar-refractivity contribution in [3.05, 3.63) is 40.0 Å². The van der Waals surface area contributed by atoms with Crippen LogP contribution < -0.4 is 5.32 Å². The number of nitrogens with zero attached hydrogens (tertiary/aromatic N) is 1. The van der Waals surface area contributed by atoms with Crippen molar-refractivity contribution in [1.29, 1.82) is 0 Å². The minimum atomic E-state index is 0.549. The molecule has 17 heavy (non-hydrogen) atoms. The Bertz CT molecular complexity index is 508. The molecule has 90 valence electrons. The Balaban J connectivity index is 2.32. The van der Waals surface area contributed by atoms with Crippen LogP contribution in [0.25, 0.3) is 11.3 Å². The van der Waals surface area contributed by atoms with E-state index < -0.39 is 0 Å². The molecule has 0 fully saturated rings. The van der Waals surface area contributed by atoms with Crippen molar-refractivity contribution in [1.82, 2.24) is 15.5 Å². The van der Waals surface area contributed by atoms with Crippen LogP contribution in [0, 0.1) is 0 Å². The van der Waals surface area contributed by atoms with E-state index in [0.717, 1.165) is 29.9 Å². The molecule has 0 saturated carbocycles. The SMILES string of the molecule is CCNCc1cn[nH]c1-c1ccc(Cl)c(Cl)c1. The summed E-state index contributed by atoms with van der Waals surface area (Å²) in [6, 6.07) is 5.56. The molecule has 3 nitrogen and oxygen atoms in total. The lowest BCUT2D eigenvalue weighted by atomic mass is 10.1. The van der Waals surface area contributed by atoms with Gasteiger partial charge in [0, 0.05) is 17.7 Å². The second-order valence-corrected chi connectivity index (χ2v) is 4.49. The van der Waals surface area contributed by atoms with E-state index in [2.05, 4.69) is 22.4 Å². The summed E-state index contributed by atoms with van der Waals surface area (Å²) in [5.74, 6) is 0. The lowest BCUT2D eigenvalue weighted by molar-refractivity contribution is 0.728. The van der Waals surface area contributed by atoms with Crippen molar-refractivity contribution in [2.45, 2.75) is 13.5 Å². The number of hydrogen-bond donors (Lipinski definition) is 2. The molecule has 0 saturated heterocycles. The summed E-state index contributed by atoms with van der Waals surface area (Å²) in [5, 5.41) is 11.4. The summed E-state index contributed by atoms with van der Waals surface area (Å²) in [4.78, 5) is 0. The third kappa shape index (κ3) is 2.80. The summed E-state index contributed by atoms with van der Waals surface area (Å²) >= 11 is 11.9. The summed E-state index contributed by atoms with van der Waals surface area (Å²) in [7, 11) is 0. The van der Waals surface area contributed by atoms with E-state index in [1.165, 1.54) is 0 Å². The summed E-state index contributed by atoms with van der Waals surface area (Å²) in [6.45, 7) is 3.77. The van der Waals surface area contributed by atoms with Gasteiger partial charge in [-0.1, -0.05) is 36.2 Å². The molecule has 0 radical (unpaired) electrons. The van der Waals surface area contributed by atoms with Crippen molar-refractivity contribution in [3.8, 4) is 11.3 Å². The van der Waals surface area contributed by atoms with Gasteiger partial charge in [0.25, 0.3) is 0 Å². The molecule has 0 bridgehead atoms. The van der Waals surface area contributed by atoms with Crippen LogP contribution in [0.15, 0.2) is 24.4 Å². The van der Waals surface area contributed by atoms with Crippen LogP contribution in [0.1, 0.15) is 12.5 Å². The van der Waals surface area contributed by atoms with Gasteiger partial charge in [0.1, 0.15) is 0 Å². The molecule has 1 aromatic heterocycles. The topological polar surface area (TPSA) is 40.7 Å². The predicted molar refractivity (Wildman–Crippen MR) is 71.4 cm³/mol. The van der Waals surface area contributed by atoms with Gasteiger partial charge in [-0.2, -0.15) is 5.10 Å². The number of nitrogens with one attached hydrogen (secondary N) is 2. The van der Waals surface area contributed by atoms with E-state index in [1.54, 1.807) is 6.07 Å². The zero-order chi connectivity index (χ0) is 12.3. The minimum absolute atomic E-state index is 0.549. The zero-order valence-electron chi connectivity index (χ0n) is 9.43. The average molecular weight is 270 g/mol. The number of rotatable bonds is 4. The molecular formula is C12H13Cl2N3. The first-order valence-electron chi connectivity index (χ1n) is 5.40. The first-order valence-corrected chi connectivity index (χ1v) is 6.16. The van der Waals surface area contributed by atoms with Crippen LogP contribution >= 0.6 is 23.2 Å². The van der Waals surface area contributed by atoms with Gasteiger partial charge in [-0.3, -0.25) is 5.10 Å². The fourth-order valence-corrected chi connectivity index (χ4v) is 1.90. The fraction of sp³-hybridized carbons (Fsp3) is 0.250. The van der Waals surface area contributed by atoms with Crippen molar-refractivity contribution in [2.24, 2.45) is 0 Å². The van der Waals surface area contributed by atoms with Crippen LogP contribution in [-0.2, 0) is 6.54 Å². The van der Waals surface area contributed by atoms with Crippen molar-refractivity contribution in [3.63, 3.8) is 0 Å². The Morgan fingerprint density at radius 3 is 2.82 bits per heavy atom. The van der Waals surface area contributed by atoms with E-state index in [4.69, 9.17) is 23.2 Å². The molecule has 2 rings (SSSR count). The van der Waals surface area contributed by atoms with Crippen molar-refractivity contribution >= 4 is 23.2 Å². The molecule has 2 N–H and O–H groups in total. The largest absolute Gasteiger partial charge is 0.313 e. The minimum Gasteiger partial charge on any atom is -0.313 e. The van der Waals surface area contributed by atoms with Gasteiger partial charge in [0.05, 0.1) is 21.9 Å². The Morgan fingerprint density at radius 2 is 2.12 bits per heavy atom. The maximum absolute atomic E-state index is 6.01. The molecule has 0 atom stereocenters. The van der Waals surface area contributed by atoms with Crippen molar-refractivity contribution in [2.75, 3.05) is 6.54 Å². The summed E-state index contributed by atoms with van der Waals surface area (Å²) < 4.78 is 0. The Labute approximate surface area is 110 Å². The predicted octanol–water partition coefficient (Wildman–Crippen LogP) is 3.49. The number of benzene rings is 1. The van der Waals surface area contributed by atoms with Gasteiger partial charge in [0.15, 0.2) is 0 Å². The van der Waals surface area contributed by atoms with Crippen LogP contribution in [0.3, 0.4) is 0 Å². The number of hydrogen-bond acceptors (Lipinski definition) is 2. The molecule has 1 aromatic carbocycles. The van der Waals surface area contributed by atoms with Gasteiger partial charge in [-0.15, -0.1) is 0 Å². The van der Waals surface area contributed by atoms with E-state index in [0.29, 0.717) is 10.0 Å². The van der Waals surface area contributed by atoms with E-state index in [-0.39, 0.29) is 0 Å². The molecule has 2 aromatic rings. The Hall–Kier alpha value is -1.03. The van der Waals surface area contributed by atoms with Gasteiger partial charge < -0.3 is 5.32 Å². The average Bonchev–Trinajstić information content (AvgIpc) is 2.78. The molecule has 0 aliphatic carbocycles. The monoisotopic (exact) mass is 269 g/mol. The number of aromatic amines is 1. The van der Waals surface area contributed by atoms with E-state index in [1.807, 2.05) is 18.3 Å². The highest BCUT2D eigenvalue weighted by Crippen LogP contribution is 2.29. The molecule has 0 unspecified atom stereocenters. The fourth-order valence-electron chi connectivity index (χ4n) is 1.61. The van der Waals surface area contributed by atoms with E-state index in [9.17, 15) is 0 Å². The van der Waals surface area contributed by atoms with Gasteiger partial charge in [-0.25, -0.2) is 0 Å². The summed E-state index contributed by atoms with van der Waals surface area (Å²) in [5.41, 5.74) is 3.08. The molecular weight excluding hydrogens is 257 g/mol. The Morgan fingerprint density at radius 1 is 1.29 bits per heavy atom. The maximum atomic E-state index is 6.01. The zero-order valence-corrected chi connectivity index (χ0v) is 10.9. The number of halogens is 2. The Kier molecular flexibility index (Phi) is 4.05. The molecule has 0 spiro atoms. The van der Waals surface area contributed by atoms with Gasteiger partial charge in [-0.05, 0) is 18.7 Å². The molecule has 1 heterocycles. The number of aromatic nitrogens is 2. The first-order chi connectivity index (χ1) is 8.22. The molecule has 0 aliphatic rings. The van der Waals surface area contributed by atoms with Gasteiger partial charge >= 0.3 is 0 Å². The summed E-state index contributed by atoms with van der Waals surface area (Å²) in [6.07, 6.45) is 1.82. The second-order valence-electron chi connectivity index (χ2n) is 3.68. The highest BCUT2D eigenvalue weighted by molar-refractivity contribution is 6.42. The normalized spacial score (nSPS) is 10.8. The highest BCUT2D eigenvalue weighted by Gasteiger charge is 2.08. The van der Waals surface area contributed by atoms with Crippen LogP contribution in [0.2, 0.25) is 10.0 Å². The lowest BCUT2D eigenvalue weighted by Crippen LogP contribution is -2.11. The van der Waals surface area contributed by atoms with E-state index >= 15 is 0 Å². The quantitative estimate of drug-likeness (QED) is 0.892. The third-order valence-corrected chi connectivity index (χ3v) is 3.23. The highest BCUT2D eigenvalue weighted by atomic mass is 35.5. The van der Waals surface area contributed by atoms with Crippen LogP contribution in [0.5, 0.6) is 0 Å². The van der Waals surface area contributed by atoms with Crippen molar-refractivity contribution < 1.29 is 0 Å². The van der Waals surface area contributed by atoms with Crippen LogP contribution in [0.4, 0.5) is 0 Å². The molecule has 5 heteroatoms. The first kappa shape index (κ1) is 12.4. The van der Waals surface area contributed by atoms with Gasteiger partial charge in [0.2, 0.25) is 0 Å². The smallest absolute Gasteiger partial charge is 0.0695 e. The standard InChI is InChI=1S/C12H13Cl2N3/c1-2-15-6-9-7-16-17-12(9)8-3-4-10(13)11(14)5-8/h3-5,7,15H,2,6H2,1H3,(H,16,17). The molecule has 0 amide bonds. The maximum Gasteiger partial charge on any atom is 0.0695 e. The second kappa shape index (κ2) is 5.54. The number of H-pyrrole nitrogens is 1. The molecule has 0 aliphatic heterocycles. The lowest BCUT2D eigenvalue weighted by Gasteiger charge is -2.05. The third-order valence-electron chi connectivity index (χ3n) is 2.49.